The van der Waals surface area contributed by atoms with Crippen LogP contribution in [0, 0.1) is 5.92 Å². The average Bonchev–Trinajstić information content (AvgIpc) is 2.65. The smallest absolute Gasteiger partial charge is 0.225 e. The number of rotatable bonds is 2. The van der Waals surface area contributed by atoms with Crippen LogP contribution >= 0.6 is 15.9 Å². The molecule has 1 aliphatic heterocycles. The van der Waals surface area contributed by atoms with Crippen molar-refractivity contribution in [3.8, 4) is 0 Å². The zero-order chi connectivity index (χ0) is 9.97. The minimum absolute atomic E-state index is 0.773. The first-order valence-electron chi connectivity index (χ1n) is 4.91. The zero-order valence-corrected chi connectivity index (χ0v) is 9.87. The van der Waals surface area contributed by atoms with E-state index in [0.717, 1.165) is 35.8 Å². The van der Waals surface area contributed by atoms with E-state index in [1.807, 2.05) is 12.4 Å². The monoisotopic (exact) mass is 255 g/mol. The Balaban J connectivity index is 2.09. The van der Waals surface area contributed by atoms with Gasteiger partial charge < -0.3 is 4.90 Å². The van der Waals surface area contributed by atoms with Crippen LogP contribution in [-0.2, 0) is 5.33 Å². The molecule has 3 nitrogen and oxygen atoms in total. The van der Waals surface area contributed by atoms with Gasteiger partial charge in [0.1, 0.15) is 0 Å². The summed E-state index contributed by atoms with van der Waals surface area (Å²) >= 11 is 3.38. The lowest BCUT2D eigenvalue weighted by Gasteiger charge is -2.15. The summed E-state index contributed by atoms with van der Waals surface area (Å²) in [6, 6.07) is 0. The van der Waals surface area contributed by atoms with Gasteiger partial charge in [0.15, 0.2) is 0 Å². The Labute approximate surface area is 92.7 Å². The van der Waals surface area contributed by atoms with Gasteiger partial charge in [-0.05, 0) is 17.9 Å². The molecule has 1 saturated heterocycles. The van der Waals surface area contributed by atoms with Crippen molar-refractivity contribution in [2.24, 2.45) is 5.92 Å². The van der Waals surface area contributed by atoms with Crippen LogP contribution in [0.3, 0.4) is 0 Å². The highest BCUT2D eigenvalue weighted by molar-refractivity contribution is 9.08. The van der Waals surface area contributed by atoms with Gasteiger partial charge >= 0.3 is 0 Å². The van der Waals surface area contributed by atoms with Crippen molar-refractivity contribution in [2.75, 3.05) is 18.0 Å². The van der Waals surface area contributed by atoms with Crippen LogP contribution in [0.2, 0.25) is 0 Å². The van der Waals surface area contributed by atoms with Crippen LogP contribution in [0.25, 0.3) is 0 Å². The van der Waals surface area contributed by atoms with Crippen LogP contribution in [0.1, 0.15) is 18.9 Å². The Morgan fingerprint density at radius 2 is 2.21 bits per heavy atom. The maximum Gasteiger partial charge on any atom is 0.225 e. The molecule has 2 heterocycles. The van der Waals surface area contributed by atoms with E-state index in [2.05, 4.69) is 37.7 Å². The number of alkyl halides is 1. The first-order chi connectivity index (χ1) is 6.79. The third-order valence-electron chi connectivity index (χ3n) is 2.55. The second kappa shape index (κ2) is 4.26. The standard InChI is InChI=1S/C10H14BrN3/c1-8-2-3-14(7-8)10-12-5-9(4-11)6-13-10/h5-6,8H,2-4,7H2,1H3. The normalized spacial score (nSPS) is 21.6. The number of halogens is 1. The lowest BCUT2D eigenvalue weighted by atomic mass is 10.2. The van der Waals surface area contributed by atoms with E-state index in [0.29, 0.717) is 0 Å². The van der Waals surface area contributed by atoms with Crippen LogP contribution in [0.5, 0.6) is 0 Å². The molecule has 1 aromatic heterocycles. The molecule has 4 heteroatoms. The van der Waals surface area contributed by atoms with E-state index in [4.69, 9.17) is 0 Å². The molecule has 0 N–H and O–H groups in total. The molecule has 1 aromatic rings. The Bertz CT molecular complexity index is 299. The summed E-state index contributed by atoms with van der Waals surface area (Å²) < 4.78 is 0. The lowest BCUT2D eigenvalue weighted by molar-refractivity contribution is 0.658. The van der Waals surface area contributed by atoms with E-state index in [1.165, 1.54) is 6.42 Å². The summed E-state index contributed by atoms with van der Waals surface area (Å²) in [4.78, 5) is 11.0. The fraction of sp³-hybridized carbons (Fsp3) is 0.600. The van der Waals surface area contributed by atoms with Crippen molar-refractivity contribution in [2.45, 2.75) is 18.7 Å². The molecule has 76 valence electrons. The predicted octanol–water partition coefficient (Wildman–Crippen LogP) is 2.22. The Morgan fingerprint density at radius 3 is 2.71 bits per heavy atom. The van der Waals surface area contributed by atoms with Gasteiger partial charge in [0.2, 0.25) is 5.95 Å². The molecule has 1 aliphatic rings. The van der Waals surface area contributed by atoms with E-state index in [1.54, 1.807) is 0 Å². The molecular formula is C10H14BrN3. The first kappa shape index (κ1) is 9.90. The molecule has 0 amide bonds. The second-order valence-electron chi connectivity index (χ2n) is 3.86. The molecule has 0 aliphatic carbocycles. The third-order valence-corrected chi connectivity index (χ3v) is 3.20. The highest BCUT2D eigenvalue weighted by Crippen LogP contribution is 2.19. The molecule has 0 spiro atoms. The summed E-state index contributed by atoms with van der Waals surface area (Å²) in [5.41, 5.74) is 1.13. The number of anilines is 1. The maximum atomic E-state index is 4.35. The topological polar surface area (TPSA) is 29.0 Å². The van der Waals surface area contributed by atoms with Crippen molar-refractivity contribution in [3.63, 3.8) is 0 Å². The first-order valence-corrected chi connectivity index (χ1v) is 6.03. The molecule has 1 unspecified atom stereocenters. The van der Waals surface area contributed by atoms with Crippen molar-refractivity contribution >= 4 is 21.9 Å². The van der Waals surface area contributed by atoms with Gasteiger partial charge in [0.25, 0.3) is 0 Å². The maximum absolute atomic E-state index is 4.35. The molecule has 1 fully saturated rings. The van der Waals surface area contributed by atoms with Crippen molar-refractivity contribution in [3.05, 3.63) is 18.0 Å². The van der Waals surface area contributed by atoms with Gasteiger partial charge in [0, 0.05) is 30.8 Å². The Morgan fingerprint density at radius 1 is 1.50 bits per heavy atom. The summed E-state index contributed by atoms with van der Waals surface area (Å²) in [6.07, 6.45) is 5.03. The van der Waals surface area contributed by atoms with E-state index in [-0.39, 0.29) is 0 Å². The largest absolute Gasteiger partial charge is 0.341 e. The quantitative estimate of drug-likeness (QED) is 0.760. The minimum Gasteiger partial charge on any atom is -0.341 e. The summed E-state index contributed by atoms with van der Waals surface area (Å²) in [7, 11) is 0. The van der Waals surface area contributed by atoms with Gasteiger partial charge in [-0.25, -0.2) is 9.97 Å². The predicted molar refractivity (Wildman–Crippen MR) is 60.7 cm³/mol. The summed E-state index contributed by atoms with van der Waals surface area (Å²) in [5.74, 6) is 1.65. The van der Waals surface area contributed by atoms with Crippen LogP contribution in [0.15, 0.2) is 12.4 Å². The molecule has 2 rings (SSSR count). The summed E-state index contributed by atoms with van der Waals surface area (Å²) in [5, 5.41) is 0.823. The molecule has 0 aromatic carbocycles. The van der Waals surface area contributed by atoms with Gasteiger partial charge in [-0.3, -0.25) is 0 Å². The number of nitrogens with zero attached hydrogens (tertiary/aromatic N) is 3. The highest BCUT2D eigenvalue weighted by Gasteiger charge is 2.20. The lowest BCUT2D eigenvalue weighted by Crippen LogP contribution is -2.21. The fourth-order valence-electron chi connectivity index (χ4n) is 1.70. The summed E-state index contributed by atoms with van der Waals surface area (Å²) in [6.45, 7) is 4.45. The highest BCUT2D eigenvalue weighted by atomic mass is 79.9. The second-order valence-corrected chi connectivity index (χ2v) is 4.43. The SMILES string of the molecule is CC1CCN(c2ncc(CBr)cn2)C1. The van der Waals surface area contributed by atoms with Gasteiger partial charge in [-0.15, -0.1) is 0 Å². The van der Waals surface area contributed by atoms with E-state index >= 15 is 0 Å². The van der Waals surface area contributed by atoms with Gasteiger partial charge in [-0.2, -0.15) is 0 Å². The van der Waals surface area contributed by atoms with E-state index in [9.17, 15) is 0 Å². The molecular weight excluding hydrogens is 242 g/mol. The Hall–Kier alpha value is -0.640. The van der Waals surface area contributed by atoms with E-state index < -0.39 is 0 Å². The molecule has 14 heavy (non-hydrogen) atoms. The fourth-order valence-corrected chi connectivity index (χ4v) is 1.99. The molecule has 0 radical (unpaired) electrons. The molecule has 0 bridgehead atoms. The van der Waals surface area contributed by atoms with Crippen LogP contribution in [-0.4, -0.2) is 23.1 Å². The average molecular weight is 256 g/mol. The minimum atomic E-state index is 0.773. The number of hydrogen-bond donors (Lipinski definition) is 0. The number of hydrogen-bond acceptors (Lipinski definition) is 3. The zero-order valence-electron chi connectivity index (χ0n) is 8.28. The molecule has 1 atom stereocenters. The van der Waals surface area contributed by atoms with Gasteiger partial charge in [0.05, 0.1) is 0 Å². The van der Waals surface area contributed by atoms with Crippen LogP contribution in [0.4, 0.5) is 5.95 Å². The van der Waals surface area contributed by atoms with Crippen molar-refractivity contribution in [1.29, 1.82) is 0 Å². The van der Waals surface area contributed by atoms with Crippen molar-refractivity contribution in [1.82, 2.24) is 9.97 Å². The van der Waals surface area contributed by atoms with Crippen LogP contribution < -0.4 is 4.90 Å². The third kappa shape index (κ3) is 2.05. The van der Waals surface area contributed by atoms with Gasteiger partial charge in [-0.1, -0.05) is 22.9 Å². The van der Waals surface area contributed by atoms with Crippen molar-refractivity contribution < 1.29 is 0 Å². The number of aromatic nitrogens is 2. The Kier molecular flexibility index (Phi) is 3.01. The molecule has 0 saturated carbocycles.